The normalized spacial score (nSPS) is 11.2. The van der Waals surface area contributed by atoms with Crippen LogP contribution in [0.4, 0.5) is 39.3 Å². The van der Waals surface area contributed by atoms with Crippen molar-refractivity contribution >= 4 is 78.1 Å². The van der Waals surface area contributed by atoms with Gasteiger partial charge in [0, 0.05) is 45.0 Å². The summed E-state index contributed by atoms with van der Waals surface area (Å²) in [6, 6.07) is 43.3. The number of nitrogens with one attached hydrogen (secondary N) is 2. The predicted molar refractivity (Wildman–Crippen MR) is 271 cm³/mol. The highest BCUT2D eigenvalue weighted by Gasteiger charge is 2.26. The molecule has 0 radical (unpaired) electrons. The zero-order valence-corrected chi connectivity index (χ0v) is 40.6. The number of rotatable bonds is 15. The van der Waals surface area contributed by atoms with E-state index in [-0.39, 0.29) is 12.5 Å². The standard InChI is InChI=1S/C19H14F2N2O2.C17H13BrN2O2S.C17H12F2N2O2S/c20-14-6-4-13(5-7-14)18(25-16-10-8-15(21)9-11-16)19(24)23-17-3-1-2-12-22-17;18-13-6-8-14(9-7-13)20(17-19-10-11-23-17)16(21)12-22-15-4-2-1-3-5-15;18-12-3-1-11(2-4-12)15(16(22)21-17-20-9-10-24-17)23-14-7-5-13(19)6-8-14/h1-12,18H,(H,22,23,24);1-11H,12H2;1-10,15H,(H,20,21,22). The van der Waals surface area contributed by atoms with Gasteiger partial charge >= 0.3 is 0 Å². The molecular weight excluding hydrogens is 1040 g/mol. The lowest BCUT2D eigenvalue weighted by Crippen LogP contribution is -2.30. The minimum Gasteiger partial charge on any atom is -0.484 e. The maximum absolute atomic E-state index is 13.2. The van der Waals surface area contributed by atoms with Gasteiger partial charge in [0.2, 0.25) is 12.2 Å². The van der Waals surface area contributed by atoms with Crippen molar-refractivity contribution in [3.8, 4) is 17.2 Å². The van der Waals surface area contributed by atoms with Crippen LogP contribution in [0.15, 0.2) is 204 Å². The number of carbonyl (C=O) groups is 3. The second kappa shape index (κ2) is 26.1. The van der Waals surface area contributed by atoms with Gasteiger partial charge in [-0.3, -0.25) is 24.6 Å². The molecule has 2 atom stereocenters. The molecule has 364 valence electrons. The molecular formula is C53H39BrF4N6O6S2. The molecule has 9 rings (SSSR count). The van der Waals surface area contributed by atoms with Crippen LogP contribution < -0.4 is 29.7 Å². The molecule has 0 saturated carbocycles. The molecule has 0 bridgehead atoms. The molecule has 0 spiro atoms. The number of thiazole rings is 2. The molecule has 3 aromatic heterocycles. The summed E-state index contributed by atoms with van der Waals surface area (Å²) in [7, 11) is 0. The van der Waals surface area contributed by atoms with Crippen LogP contribution in [0.1, 0.15) is 23.3 Å². The van der Waals surface area contributed by atoms with Crippen molar-refractivity contribution in [2.45, 2.75) is 12.2 Å². The molecule has 0 aliphatic heterocycles. The van der Waals surface area contributed by atoms with Crippen LogP contribution in [-0.4, -0.2) is 39.3 Å². The highest BCUT2D eigenvalue weighted by atomic mass is 79.9. The van der Waals surface area contributed by atoms with Crippen molar-refractivity contribution in [2.75, 3.05) is 22.1 Å². The molecule has 3 amide bonds. The van der Waals surface area contributed by atoms with Gasteiger partial charge in [-0.25, -0.2) is 32.5 Å². The van der Waals surface area contributed by atoms with Crippen LogP contribution in [-0.2, 0) is 14.4 Å². The minimum absolute atomic E-state index is 0.0559. The summed E-state index contributed by atoms with van der Waals surface area (Å²) in [6.45, 7) is -0.0559. The van der Waals surface area contributed by atoms with Crippen molar-refractivity contribution in [1.82, 2.24) is 15.0 Å². The van der Waals surface area contributed by atoms with E-state index in [1.54, 1.807) is 47.1 Å². The number of amides is 3. The van der Waals surface area contributed by atoms with Crippen molar-refractivity contribution < 1.29 is 46.2 Å². The van der Waals surface area contributed by atoms with Crippen LogP contribution in [0.5, 0.6) is 17.2 Å². The van der Waals surface area contributed by atoms with Gasteiger partial charge in [0.05, 0.1) is 5.69 Å². The van der Waals surface area contributed by atoms with E-state index in [0.717, 1.165) is 10.2 Å². The monoisotopic (exact) mass is 1070 g/mol. The molecule has 0 aliphatic carbocycles. The van der Waals surface area contributed by atoms with Gasteiger partial charge in [-0.1, -0.05) is 64.5 Å². The maximum Gasteiger partial charge on any atom is 0.271 e. The number of carbonyl (C=O) groups excluding carboxylic acids is 3. The first kappa shape index (κ1) is 51.6. The lowest BCUT2D eigenvalue weighted by Gasteiger charge is -2.20. The molecule has 3 heterocycles. The Labute approximate surface area is 426 Å². The fourth-order valence-electron chi connectivity index (χ4n) is 6.21. The van der Waals surface area contributed by atoms with Crippen LogP contribution in [0, 0.1) is 23.3 Å². The molecule has 0 aliphatic rings. The second-order valence-corrected chi connectivity index (χ2v) is 17.3. The number of hydrogen-bond acceptors (Lipinski definition) is 11. The highest BCUT2D eigenvalue weighted by Crippen LogP contribution is 2.30. The smallest absolute Gasteiger partial charge is 0.271 e. The Kier molecular flexibility index (Phi) is 18.7. The molecule has 19 heteroatoms. The van der Waals surface area contributed by atoms with Gasteiger partial charge in [-0.05, 0) is 121 Å². The summed E-state index contributed by atoms with van der Waals surface area (Å²) < 4.78 is 70.3. The van der Waals surface area contributed by atoms with Gasteiger partial charge in [0.15, 0.2) is 16.9 Å². The zero-order valence-electron chi connectivity index (χ0n) is 37.4. The first-order valence-electron chi connectivity index (χ1n) is 21.4. The zero-order chi connectivity index (χ0) is 50.7. The number of ether oxygens (including phenoxy) is 3. The molecule has 12 nitrogen and oxygen atoms in total. The fourth-order valence-corrected chi connectivity index (χ4v) is 7.68. The van der Waals surface area contributed by atoms with Crippen LogP contribution >= 0.6 is 38.6 Å². The molecule has 2 N–H and O–H groups in total. The molecule has 0 fully saturated rings. The van der Waals surface area contributed by atoms with Gasteiger partial charge in [-0.2, -0.15) is 0 Å². The lowest BCUT2D eigenvalue weighted by molar-refractivity contribution is -0.123. The Balaban J connectivity index is 0.000000159. The third kappa shape index (κ3) is 15.6. The van der Waals surface area contributed by atoms with E-state index in [1.165, 1.54) is 120 Å². The summed E-state index contributed by atoms with van der Waals surface area (Å²) in [6.07, 6.45) is 2.71. The van der Waals surface area contributed by atoms with Crippen LogP contribution in [0.25, 0.3) is 0 Å². The van der Waals surface area contributed by atoms with E-state index in [0.29, 0.717) is 44.5 Å². The van der Waals surface area contributed by atoms with Gasteiger partial charge in [-0.15, -0.1) is 22.7 Å². The average Bonchev–Trinajstić information content (AvgIpc) is 4.13. The maximum atomic E-state index is 13.2. The Bertz CT molecular complexity index is 3080. The molecule has 72 heavy (non-hydrogen) atoms. The Morgan fingerprint density at radius 3 is 1.51 bits per heavy atom. The molecule has 9 aromatic rings. The largest absolute Gasteiger partial charge is 0.484 e. The van der Waals surface area contributed by atoms with Gasteiger partial charge < -0.3 is 19.5 Å². The number of benzene rings is 6. The second-order valence-electron chi connectivity index (χ2n) is 14.7. The minimum atomic E-state index is -1.05. The van der Waals surface area contributed by atoms with E-state index in [2.05, 4.69) is 41.5 Å². The van der Waals surface area contributed by atoms with E-state index in [4.69, 9.17) is 14.2 Å². The number of anilines is 4. The number of aromatic nitrogens is 3. The fraction of sp³-hybridized carbons (Fsp3) is 0.0566. The summed E-state index contributed by atoms with van der Waals surface area (Å²) in [5.74, 6) is -1.11. The number of para-hydroxylation sites is 1. The van der Waals surface area contributed by atoms with Crippen molar-refractivity contribution in [3.05, 3.63) is 238 Å². The third-order valence-corrected chi connectivity index (χ3v) is 11.6. The van der Waals surface area contributed by atoms with Crippen molar-refractivity contribution in [1.29, 1.82) is 0 Å². The molecule has 2 unspecified atom stereocenters. The average molecular weight is 1080 g/mol. The van der Waals surface area contributed by atoms with Gasteiger partial charge in [0.25, 0.3) is 17.7 Å². The number of halogens is 5. The number of pyridine rings is 1. The van der Waals surface area contributed by atoms with E-state index >= 15 is 0 Å². The van der Waals surface area contributed by atoms with E-state index in [1.807, 2.05) is 60.0 Å². The van der Waals surface area contributed by atoms with Gasteiger partial charge in [0.1, 0.15) is 46.3 Å². The topological polar surface area (TPSA) is 145 Å². The first-order chi connectivity index (χ1) is 35.0. The number of hydrogen-bond donors (Lipinski definition) is 2. The quantitative estimate of drug-likeness (QED) is 0.0959. The summed E-state index contributed by atoms with van der Waals surface area (Å²) in [5, 5.41) is 9.90. The van der Waals surface area contributed by atoms with Crippen LogP contribution in [0.3, 0.4) is 0 Å². The summed E-state index contributed by atoms with van der Waals surface area (Å²) in [5.41, 5.74) is 1.68. The first-order valence-corrected chi connectivity index (χ1v) is 24.0. The summed E-state index contributed by atoms with van der Waals surface area (Å²) >= 11 is 6.07. The summed E-state index contributed by atoms with van der Waals surface area (Å²) in [4.78, 5) is 51.6. The molecule has 6 aromatic carbocycles. The number of nitrogens with zero attached hydrogens (tertiary/aromatic N) is 4. The Hall–Kier alpha value is -8.26. The third-order valence-electron chi connectivity index (χ3n) is 9.59. The predicted octanol–water partition coefficient (Wildman–Crippen LogP) is 12.9. The van der Waals surface area contributed by atoms with Crippen molar-refractivity contribution in [2.24, 2.45) is 0 Å². The lowest BCUT2D eigenvalue weighted by atomic mass is 10.1. The highest BCUT2D eigenvalue weighted by molar-refractivity contribution is 9.10. The van der Waals surface area contributed by atoms with E-state index < -0.39 is 47.3 Å². The Morgan fingerprint density at radius 1 is 0.528 bits per heavy atom. The SMILES string of the molecule is O=C(COc1ccccc1)N(c1ccc(Br)cc1)c1nccs1.O=C(Nc1ccccn1)C(Oc1ccc(F)cc1)c1ccc(F)cc1.O=C(Nc1nccs1)C(Oc1ccc(F)cc1)c1ccc(F)cc1. The van der Waals surface area contributed by atoms with Crippen LogP contribution in [0.2, 0.25) is 0 Å². The van der Waals surface area contributed by atoms with E-state index in [9.17, 15) is 31.9 Å². The van der Waals surface area contributed by atoms with Crippen molar-refractivity contribution in [3.63, 3.8) is 0 Å². The molecule has 0 saturated heterocycles. The Morgan fingerprint density at radius 2 is 1.03 bits per heavy atom.